The Hall–Kier alpha value is -1.93. The van der Waals surface area contributed by atoms with E-state index in [0.29, 0.717) is 17.8 Å². The Labute approximate surface area is 126 Å². The number of carbonyl (C=O) groups is 3. The molecule has 7 nitrogen and oxygen atoms in total. The topological polar surface area (TPSA) is 116 Å². The van der Waals surface area contributed by atoms with Crippen LogP contribution in [0, 0.1) is 0 Å². The molecule has 0 aromatic carbocycles. The molecule has 0 aliphatic heterocycles. The maximum absolute atomic E-state index is 11.6. The van der Waals surface area contributed by atoms with E-state index in [1.807, 2.05) is 0 Å². The van der Waals surface area contributed by atoms with Crippen LogP contribution in [0.1, 0.15) is 28.9 Å². The van der Waals surface area contributed by atoms with Gasteiger partial charge in [-0.05, 0) is 17.9 Å². The van der Waals surface area contributed by atoms with Crippen molar-refractivity contribution < 1.29 is 24.6 Å². The van der Waals surface area contributed by atoms with Crippen LogP contribution in [-0.4, -0.2) is 47.2 Å². The average molecular weight is 314 g/mol. The summed E-state index contributed by atoms with van der Waals surface area (Å²) in [5.41, 5.74) is 0. The zero-order chi connectivity index (χ0) is 15.7. The minimum Gasteiger partial charge on any atom is -0.480 e. The molecule has 1 unspecified atom stereocenters. The first-order valence-electron chi connectivity index (χ1n) is 6.49. The quantitative estimate of drug-likeness (QED) is 0.486. The van der Waals surface area contributed by atoms with E-state index in [2.05, 4.69) is 10.6 Å². The van der Waals surface area contributed by atoms with Gasteiger partial charge in [-0.1, -0.05) is 6.07 Å². The van der Waals surface area contributed by atoms with Gasteiger partial charge in [-0.3, -0.25) is 9.59 Å². The van der Waals surface area contributed by atoms with Crippen molar-refractivity contribution in [2.75, 3.05) is 13.2 Å². The monoisotopic (exact) mass is 314 g/mol. The van der Waals surface area contributed by atoms with Gasteiger partial charge in [0.05, 0.1) is 4.88 Å². The highest BCUT2D eigenvalue weighted by Gasteiger charge is 2.18. The van der Waals surface area contributed by atoms with Crippen LogP contribution in [0.5, 0.6) is 0 Å². The van der Waals surface area contributed by atoms with Crippen LogP contribution in [0.3, 0.4) is 0 Å². The van der Waals surface area contributed by atoms with Gasteiger partial charge in [-0.2, -0.15) is 0 Å². The number of amides is 2. The first-order chi connectivity index (χ1) is 10.0. The summed E-state index contributed by atoms with van der Waals surface area (Å²) in [5.74, 6) is -1.78. The van der Waals surface area contributed by atoms with Crippen molar-refractivity contribution in [2.24, 2.45) is 0 Å². The van der Waals surface area contributed by atoms with E-state index in [-0.39, 0.29) is 25.4 Å². The first kappa shape index (κ1) is 17.1. The molecule has 0 radical (unpaired) electrons. The molecule has 2 amide bonds. The molecule has 0 aliphatic rings. The highest BCUT2D eigenvalue weighted by molar-refractivity contribution is 7.12. The molecule has 0 aliphatic carbocycles. The van der Waals surface area contributed by atoms with E-state index < -0.39 is 17.9 Å². The number of carbonyl (C=O) groups excluding carboxylic acids is 2. The average Bonchev–Trinajstić information content (AvgIpc) is 2.97. The van der Waals surface area contributed by atoms with Gasteiger partial charge in [0.2, 0.25) is 5.91 Å². The molecule has 4 N–H and O–H groups in total. The summed E-state index contributed by atoms with van der Waals surface area (Å²) >= 11 is 1.33. The molecule has 0 spiro atoms. The Morgan fingerprint density at radius 2 is 2.10 bits per heavy atom. The molecule has 0 saturated heterocycles. The van der Waals surface area contributed by atoms with E-state index in [9.17, 15) is 14.4 Å². The number of aliphatic hydroxyl groups excluding tert-OH is 1. The van der Waals surface area contributed by atoms with Gasteiger partial charge in [0.1, 0.15) is 6.04 Å². The van der Waals surface area contributed by atoms with Crippen LogP contribution >= 0.6 is 11.3 Å². The van der Waals surface area contributed by atoms with Gasteiger partial charge in [0.25, 0.3) is 5.91 Å². The summed E-state index contributed by atoms with van der Waals surface area (Å²) in [4.78, 5) is 34.5. The molecule has 116 valence electrons. The number of rotatable bonds is 9. The van der Waals surface area contributed by atoms with Crippen molar-refractivity contribution in [3.63, 3.8) is 0 Å². The summed E-state index contributed by atoms with van der Waals surface area (Å²) in [6.45, 7) is 0.0238. The van der Waals surface area contributed by atoms with E-state index in [1.54, 1.807) is 17.5 Å². The summed E-state index contributed by atoms with van der Waals surface area (Å²) in [6, 6.07) is 2.41. The van der Waals surface area contributed by atoms with Gasteiger partial charge in [0, 0.05) is 26.0 Å². The summed E-state index contributed by atoms with van der Waals surface area (Å²) in [7, 11) is 0. The van der Waals surface area contributed by atoms with Crippen LogP contribution in [0.2, 0.25) is 0 Å². The lowest BCUT2D eigenvalue weighted by Gasteiger charge is -2.13. The molecular weight excluding hydrogens is 296 g/mol. The van der Waals surface area contributed by atoms with Gasteiger partial charge < -0.3 is 20.8 Å². The fraction of sp³-hybridized carbons (Fsp3) is 0.462. The maximum atomic E-state index is 11.6. The lowest BCUT2D eigenvalue weighted by Crippen LogP contribution is -2.41. The molecule has 0 fully saturated rings. The summed E-state index contributed by atoms with van der Waals surface area (Å²) < 4.78 is 0. The van der Waals surface area contributed by atoms with Crippen molar-refractivity contribution in [3.05, 3.63) is 22.4 Å². The number of carboxylic acids is 1. The maximum Gasteiger partial charge on any atom is 0.326 e. The van der Waals surface area contributed by atoms with Gasteiger partial charge in [-0.25, -0.2) is 4.79 Å². The smallest absolute Gasteiger partial charge is 0.326 e. The molecule has 0 bridgehead atoms. The largest absolute Gasteiger partial charge is 0.480 e. The SMILES string of the molecule is O=C(CCCNC(=O)c1cccs1)NC(CCO)C(=O)O. The van der Waals surface area contributed by atoms with Crippen LogP contribution < -0.4 is 10.6 Å². The fourth-order valence-corrected chi connectivity index (χ4v) is 2.24. The fourth-order valence-electron chi connectivity index (χ4n) is 1.60. The molecule has 1 aromatic heterocycles. The highest BCUT2D eigenvalue weighted by atomic mass is 32.1. The lowest BCUT2D eigenvalue weighted by molar-refractivity contribution is -0.142. The third-order valence-corrected chi connectivity index (χ3v) is 3.53. The second-order valence-corrected chi connectivity index (χ2v) is 5.26. The molecule has 1 heterocycles. The van der Waals surface area contributed by atoms with E-state index in [4.69, 9.17) is 10.2 Å². The molecule has 8 heteroatoms. The number of hydrogen-bond acceptors (Lipinski definition) is 5. The predicted octanol–water partition coefficient (Wildman–Crippen LogP) is 0.210. The number of carboxylic acid groups (broad SMARTS) is 1. The lowest BCUT2D eigenvalue weighted by atomic mass is 10.2. The third kappa shape index (κ3) is 6.37. The molecule has 1 atom stereocenters. The number of aliphatic hydroxyl groups is 1. The van der Waals surface area contributed by atoms with Gasteiger partial charge >= 0.3 is 5.97 Å². The Balaban J connectivity index is 2.21. The second kappa shape index (κ2) is 9.09. The first-order valence-corrected chi connectivity index (χ1v) is 7.37. The van der Waals surface area contributed by atoms with Crippen LogP contribution in [0.25, 0.3) is 0 Å². The van der Waals surface area contributed by atoms with Crippen LogP contribution in [-0.2, 0) is 9.59 Å². The van der Waals surface area contributed by atoms with Crippen molar-refractivity contribution in [2.45, 2.75) is 25.3 Å². The normalized spacial score (nSPS) is 11.7. The molecule has 1 rings (SSSR count). The zero-order valence-corrected chi connectivity index (χ0v) is 12.2. The van der Waals surface area contributed by atoms with Gasteiger partial charge in [-0.15, -0.1) is 11.3 Å². The van der Waals surface area contributed by atoms with E-state index in [1.165, 1.54) is 11.3 Å². The summed E-state index contributed by atoms with van der Waals surface area (Å²) in [6.07, 6.45) is 0.491. The number of thiophene rings is 1. The highest BCUT2D eigenvalue weighted by Crippen LogP contribution is 2.07. The van der Waals surface area contributed by atoms with Crippen molar-refractivity contribution in [1.82, 2.24) is 10.6 Å². The zero-order valence-electron chi connectivity index (χ0n) is 11.4. The Kier molecular flexibility index (Phi) is 7.41. The second-order valence-electron chi connectivity index (χ2n) is 4.31. The number of nitrogens with one attached hydrogen (secondary N) is 2. The number of aliphatic carboxylic acids is 1. The van der Waals surface area contributed by atoms with E-state index in [0.717, 1.165) is 0 Å². The van der Waals surface area contributed by atoms with Crippen molar-refractivity contribution >= 4 is 29.1 Å². The third-order valence-electron chi connectivity index (χ3n) is 2.66. The molecule has 21 heavy (non-hydrogen) atoms. The number of hydrogen-bond donors (Lipinski definition) is 4. The summed E-state index contributed by atoms with van der Waals surface area (Å²) in [5, 5.41) is 24.3. The van der Waals surface area contributed by atoms with Gasteiger partial charge in [0.15, 0.2) is 0 Å². The van der Waals surface area contributed by atoms with Crippen LogP contribution in [0.4, 0.5) is 0 Å². The van der Waals surface area contributed by atoms with Crippen molar-refractivity contribution in [1.29, 1.82) is 0 Å². The minimum absolute atomic E-state index is 0.0316. The Morgan fingerprint density at radius 1 is 1.33 bits per heavy atom. The van der Waals surface area contributed by atoms with Crippen molar-refractivity contribution in [3.8, 4) is 0 Å². The Bertz CT molecular complexity index is 475. The van der Waals surface area contributed by atoms with Crippen LogP contribution in [0.15, 0.2) is 17.5 Å². The van der Waals surface area contributed by atoms with E-state index >= 15 is 0 Å². The molecule has 1 aromatic rings. The predicted molar refractivity (Wildman–Crippen MR) is 77.2 cm³/mol. The molecule has 0 saturated carbocycles. The Morgan fingerprint density at radius 3 is 2.67 bits per heavy atom. The minimum atomic E-state index is -1.18. The molecular formula is C13H18N2O5S. The standard InChI is InChI=1S/C13H18N2O5S/c16-7-5-9(13(19)20)15-11(17)4-1-6-14-12(18)10-3-2-8-21-10/h2-3,8-9,16H,1,4-7H2,(H,14,18)(H,15,17)(H,19,20).